The van der Waals surface area contributed by atoms with Gasteiger partial charge in [-0.05, 0) is 48.6 Å². The number of pyridine rings is 1. The van der Waals surface area contributed by atoms with Crippen LogP contribution < -0.4 is 10.5 Å². The second-order valence-corrected chi connectivity index (χ2v) is 6.76. The number of amides is 1. The zero-order chi connectivity index (χ0) is 19.5. The van der Waals surface area contributed by atoms with Gasteiger partial charge in [-0.3, -0.25) is 9.78 Å². The molecule has 0 aliphatic heterocycles. The van der Waals surface area contributed by atoms with Gasteiger partial charge >= 0.3 is 5.97 Å². The van der Waals surface area contributed by atoms with Crippen LogP contribution in [0.15, 0.2) is 48.5 Å². The van der Waals surface area contributed by atoms with Gasteiger partial charge < -0.3 is 15.2 Å². The van der Waals surface area contributed by atoms with Gasteiger partial charge in [0.2, 0.25) is 0 Å². The second kappa shape index (κ2) is 7.68. The minimum absolute atomic E-state index is 0.109. The minimum atomic E-state index is -0.546. The molecule has 2 N–H and O–H groups in total. The van der Waals surface area contributed by atoms with E-state index in [1.807, 2.05) is 30.3 Å². The SMILES string of the molecule is NC(=O)COc1cccc(COC(=O)c2c3c(nc4ccccc24)CCC3)c1. The van der Waals surface area contributed by atoms with E-state index in [4.69, 9.17) is 20.2 Å². The van der Waals surface area contributed by atoms with Gasteiger partial charge in [0, 0.05) is 11.1 Å². The van der Waals surface area contributed by atoms with E-state index >= 15 is 0 Å². The number of benzene rings is 2. The lowest BCUT2D eigenvalue weighted by atomic mass is 10.0. The number of carbonyl (C=O) groups is 2. The molecule has 6 heteroatoms. The number of esters is 1. The van der Waals surface area contributed by atoms with Crippen LogP contribution in [0.4, 0.5) is 0 Å². The number of primary amides is 1. The molecular formula is C22H20N2O4. The van der Waals surface area contributed by atoms with Crippen LogP contribution in [0.2, 0.25) is 0 Å². The fourth-order valence-corrected chi connectivity index (χ4v) is 3.54. The van der Waals surface area contributed by atoms with Gasteiger partial charge in [0.05, 0.1) is 11.1 Å². The second-order valence-electron chi connectivity index (χ2n) is 6.76. The van der Waals surface area contributed by atoms with Gasteiger partial charge in [-0.25, -0.2) is 4.79 Å². The largest absolute Gasteiger partial charge is 0.484 e. The number of aryl methyl sites for hydroxylation is 1. The van der Waals surface area contributed by atoms with Crippen molar-refractivity contribution in [2.75, 3.05) is 6.61 Å². The molecule has 6 nitrogen and oxygen atoms in total. The number of hydrogen-bond donors (Lipinski definition) is 1. The highest BCUT2D eigenvalue weighted by Gasteiger charge is 2.24. The Bertz CT molecular complexity index is 1060. The number of para-hydroxylation sites is 1. The summed E-state index contributed by atoms with van der Waals surface area (Å²) >= 11 is 0. The Hall–Kier alpha value is -3.41. The first-order chi connectivity index (χ1) is 13.6. The normalized spacial score (nSPS) is 12.6. The molecule has 1 aromatic heterocycles. The van der Waals surface area contributed by atoms with Gasteiger partial charge in [-0.2, -0.15) is 0 Å². The smallest absolute Gasteiger partial charge is 0.339 e. The number of ether oxygens (including phenoxy) is 2. The Morgan fingerprint density at radius 2 is 1.93 bits per heavy atom. The van der Waals surface area contributed by atoms with Crippen molar-refractivity contribution in [3.05, 3.63) is 70.9 Å². The average molecular weight is 376 g/mol. The van der Waals surface area contributed by atoms with Crippen LogP contribution in [0.5, 0.6) is 5.75 Å². The van der Waals surface area contributed by atoms with E-state index in [9.17, 15) is 9.59 Å². The molecular weight excluding hydrogens is 356 g/mol. The number of aromatic nitrogens is 1. The molecule has 1 heterocycles. The summed E-state index contributed by atoms with van der Waals surface area (Å²) in [4.78, 5) is 28.5. The van der Waals surface area contributed by atoms with E-state index in [1.165, 1.54) is 0 Å². The first kappa shape index (κ1) is 18.0. The molecule has 0 saturated carbocycles. The Labute approximate surface area is 162 Å². The molecule has 0 unspecified atom stereocenters. The van der Waals surface area contributed by atoms with Crippen LogP contribution in [0.25, 0.3) is 10.9 Å². The molecule has 28 heavy (non-hydrogen) atoms. The summed E-state index contributed by atoms with van der Waals surface area (Å²) in [6.45, 7) is -0.0869. The van der Waals surface area contributed by atoms with E-state index in [2.05, 4.69) is 0 Å². The zero-order valence-electron chi connectivity index (χ0n) is 15.3. The van der Waals surface area contributed by atoms with Gasteiger partial charge in [-0.15, -0.1) is 0 Å². The van der Waals surface area contributed by atoms with Crippen molar-refractivity contribution in [1.82, 2.24) is 4.98 Å². The standard InChI is InChI=1S/C22H20N2O4/c23-20(25)13-27-15-6-3-5-14(11-15)12-28-22(26)21-16-7-1-2-9-18(16)24-19-10-4-8-17(19)21/h1-3,5-7,9,11H,4,8,10,12-13H2,(H2,23,25). The lowest BCUT2D eigenvalue weighted by molar-refractivity contribution is -0.119. The van der Waals surface area contributed by atoms with E-state index in [0.29, 0.717) is 11.3 Å². The molecule has 0 spiro atoms. The maximum Gasteiger partial charge on any atom is 0.339 e. The van der Waals surface area contributed by atoms with Crippen molar-refractivity contribution in [2.45, 2.75) is 25.9 Å². The van der Waals surface area contributed by atoms with Crippen LogP contribution >= 0.6 is 0 Å². The van der Waals surface area contributed by atoms with Gasteiger partial charge in [0.15, 0.2) is 6.61 Å². The topological polar surface area (TPSA) is 91.5 Å². The maximum absolute atomic E-state index is 12.9. The van der Waals surface area contributed by atoms with Gasteiger partial charge in [0.25, 0.3) is 5.91 Å². The number of fused-ring (bicyclic) bond motifs is 2. The van der Waals surface area contributed by atoms with Crippen molar-refractivity contribution in [3.63, 3.8) is 0 Å². The third-order valence-corrected chi connectivity index (χ3v) is 4.77. The van der Waals surface area contributed by atoms with Crippen molar-refractivity contribution < 1.29 is 19.1 Å². The van der Waals surface area contributed by atoms with Crippen LogP contribution in [0.3, 0.4) is 0 Å². The first-order valence-corrected chi connectivity index (χ1v) is 9.19. The van der Waals surface area contributed by atoms with Crippen LogP contribution in [-0.4, -0.2) is 23.5 Å². The Morgan fingerprint density at radius 1 is 1.07 bits per heavy atom. The molecule has 4 rings (SSSR count). The van der Waals surface area contributed by atoms with Crippen LogP contribution in [0, 0.1) is 0 Å². The van der Waals surface area contributed by atoms with E-state index < -0.39 is 5.91 Å². The highest BCUT2D eigenvalue weighted by Crippen LogP contribution is 2.30. The number of nitrogens with zero attached hydrogens (tertiary/aromatic N) is 1. The summed E-state index contributed by atoms with van der Waals surface area (Å²) in [5.41, 5.74) is 9.30. The number of rotatable bonds is 6. The van der Waals surface area contributed by atoms with Crippen molar-refractivity contribution in [2.24, 2.45) is 5.73 Å². The summed E-state index contributed by atoms with van der Waals surface area (Å²) in [5.74, 6) is -0.391. The quantitative estimate of drug-likeness (QED) is 0.668. The van der Waals surface area contributed by atoms with Crippen molar-refractivity contribution in [1.29, 1.82) is 0 Å². The number of hydrogen-bond acceptors (Lipinski definition) is 5. The summed E-state index contributed by atoms with van der Waals surface area (Å²) < 4.78 is 10.9. The first-order valence-electron chi connectivity index (χ1n) is 9.19. The minimum Gasteiger partial charge on any atom is -0.484 e. The van der Waals surface area contributed by atoms with Crippen LogP contribution in [-0.2, 0) is 29.0 Å². The zero-order valence-corrected chi connectivity index (χ0v) is 15.3. The lowest BCUT2D eigenvalue weighted by Gasteiger charge is -2.12. The molecule has 0 saturated heterocycles. The molecule has 1 amide bonds. The van der Waals surface area contributed by atoms with E-state index in [0.717, 1.165) is 47.0 Å². The van der Waals surface area contributed by atoms with Crippen LogP contribution in [0.1, 0.15) is 33.6 Å². The Balaban J connectivity index is 1.55. The Morgan fingerprint density at radius 3 is 2.79 bits per heavy atom. The summed E-state index contributed by atoms with van der Waals surface area (Å²) in [7, 11) is 0. The predicted octanol–water partition coefficient (Wildman–Crippen LogP) is 2.94. The highest BCUT2D eigenvalue weighted by molar-refractivity contribution is 6.05. The predicted molar refractivity (Wildman–Crippen MR) is 104 cm³/mol. The third-order valence-electron chi connectivity index (χ3n) is 4.77. The average Bonchev–Trinajstić information content (AvgIpc) is 3.17. The molecule has 0 fully saturated rings. The number of carbonyl (C=O) groups excluding carboxylic acids is 2. The lowest BCUT2D eigenvalue weighted by Crippen LogP contribution is -2.20. The summed E-state index contributed by atoms with van der Waals surface area (Å²) in [6.07, 6.45) is 2.73. The highest BCUT2D eigenvalue weighted by atomic mass is 16.5. The molecule has 1 aliphatic rings. The molecule has 0 atom stereocenters. The molecule has 1 aliphatic carbocycles. The molecule has 3 aromatic rings. The molecule has 0 bridgehead atoms. The molecule has 142 valence electrons. The van der Waals surface area contributed by atoms with Gasteiger partial charge in [0.1, 0.15) is 12.4 Å². The fraction of sp³-hybridized carbons (Fsp3) is 0.227. The fourth-order valence-electron chi connectivity index (χ4n) is 3.54. The third kappa shape index (κ3) is 3.67. The van der Waals surface area contributed by atoms with E-state index in [-0.39, 0.29) is 19.2 Å². The summed E-state index contributed by atoms with van der Waals surface area (Å²) in [5, 5.41) is 0.826. The van der Waals surface area contributed by atoms with Gasteiger partial charge in [-0.1, -0.05) is 30.3 Å². The maximum atomic E-state index is 12.9. The number of nitrogens with two attached hydrogens (primary N) is 1. The van der Waals surface area contributed by atoms with Crippen molar-refractivity contribution in [3.8, 4) is 5.75 Å². The summed E-state index contributed by atoms with van der Waals surface area (Å²) in [6, 6.07) is 14.7. The van der Waals surface area contributed by atoms with Crippen molar-refractivity contribution >= 4 is 22.8 Å². The molecule has 2 aromatic carbocycles. The molecule has 0 radical (unpaired) electrons. The Kier molecular flexibility index (Phi) is 4.93. The van der Waals surface area contributed by atoms with E-state index in [1.54, 1.807) is 18.2 Å². The monoisotopic (exact) mass is 376 g/mol.